The molecule has 0 bridgehead atoms. The fourth-order valence-electron chi connectivity index (χ4n) is 2.58. The summed E-state index contributed by atoms with van der Waals surface area (Å²) in [6.07, 6.45) is 3.38. The van der Waals surface area contributed by atoms with Crippen LogP contribution >= 0.6 is 11.3 Å². The van der Waals surface area contributed by atoms with Gasteiger partial charge in [-0.2, -0.15) is 0 Å². The van der Waals surface area contributed by atoms with Gasteiger partial charge in [0.15, 0.2) is 5.96 Å². The smallest absolute Gasteiger partial charge is 0.191 e. The van der Waals surface area contributed by atoms with Crippen LogP contribution in [0.3, 0.4) is 0 Å². The normalized spacial score (nSPS) is 16.4. The van der Waals surface area contributed by atoms with Crippen LogP contribution in [0.4, 0.5) is 0 Å². The highest BCUT2D eigenvalue weighted by molar-refractivity contribution is 7.11. The highest BCUT2D eigenvalue weighted by Crippen LogP contribution is 2.17. The maximum absolute atomic E-state index is 5.89. The third-order valence-electron chi connectivity index (χ3n) is 3.86. The molecule has 1 aromatic rings. The van der Waals surface area contributed by atoms with Crippen LogP contribution in [-0.2, 0) is 16.0 Å². The van der Waals surface area contributed by atoms with Crippen molar-refractivity contribution in [3.8, 4) is 0 Å². The van der Waals surface area contributed by atoms with Crippen molar-refractivity contribution in [1.29, 1.82) is 0 Å². The number of thiazole rings is 1. The number of nitrogens with zero attached hydrogens (tertiary/aromatic N) is 2. The topological polar surface area (TPSA) is 67.8 Å². The predicted octanol–water partition coefficient (Wildman–Crippen LogP) is 2.40. The molecule has 2 rings (SSSR count). The third kappa shape index (κ3) is 6.75. The van der Waals surface area contributed by atoms with Gasteiger partial charge in [-0.1, -0.05) is 0 Å². The summed E-state index contributed by atoms with van der Waals surface area (Å²) in [5, 5.41) is 7.76. The molecule has 1 aliphatic heterocycles. The molecule has 0 amide bonds. The highest BCUT2D eigenvalue weighted by Gasteiger charge is 2.13. The van der Waals surface area contributed by atoms with Crippen LogP contribution in [-0.4, -0.2) is 50.0 Å². The molecule has 0 aliphatic carbocycles. The summed E-state index contributed by atoms with van der Waals surface area (Å²) < 4.78 is 11.2. The Morgan fingerprint density at radius 3 is 2.79 bits per heavy atom. The number of nitrogens with one attached hydrogen (secondary N) is 2. The van der Waals surface area contributed by atoms with Gasteiger partial charge in [0, 0.05) is 37.8 Å². The molecule has 0 saturated carbocycles. The number of ether oxygens (including phenoxy) is 2. The number of aliphatic imine (C=N–C) groups is 1. The lowest BCUT2D eigenvalue weighted by molar-refractivity contribution is -0.0320. The van der Waals surface area contributed by atoms with E-state index in [2.05, 4.69) is 27.5 Å². The van der Waals surface area contributed by atoms with Crippen molar-refractivity contribution >= 4 is 17.3 Å². The van der Waals surface area contributed by atoms with E-state index >= 15 is 0 Å². The molecule has 0 radical (unpaired) electrons. The molecule has 2 N–H and O–H groups in total. The van der Waals surface area contributed by atoms with Gasteiger partial charge in [-0.3, -0.25) is 0 Å². The van der Waals surface area contributed by atoms with Crippen LogP contribution in [0.2, 0.25) is 0 Å². The van der Waals surface area contributed by atoms with Crippen molar-refractivity contribution < 1.29 is 9.47 Å². The lowest BCUT2D eigenvalue weighted by Gasteiger charge is -2.22. The van der Waals surface area contributed by atoms with Gasteiger partial charge < -0.3 is 20.1 Å². The minimum Gasteiger partial charge on any atom is -0.381 e. The first-order chi connectivity index (χ1) is 11.7. The van der Waals surface area contributed by atoms with Crippen LogP contribution < -0.4 is 10.6 Å². The third-order valence-corrected chi connectivity index (χ3v) is 4.92. The minimum absolute atomic E-state index is 0.373. The van der Waals surface area contributed by atoms with Gasteiger partial charge in [-0.15, -0.1) is 11.3 Å². The van der Waals surface area contributed by atoms with E-state index in [1.54, 1.807) is 11.3 Å². The molecule has 6 nitrogen and oxygen atoms in total. The van der Waals surface area contributed by atoms with E-state index in [1.165, 1.54) is 4.88 Å². The zero-order chi connectivity index (χ0) is 17.2. The lowest BCUT2D eigenvalue weighted by atomic mass is 10.1. The first kappa shape index (κ1) is 19.1. The fraction of sp³-hybridized carbons (Fsp3) is 0.765. The summed E-state index contributed by atoms with van der Waals surface area (Å²) in [5.41, 5.74) is 1.09. The first-order valence-electron chi connectivity index (χ1n) is 8.83. The highest BCUT2D eigenvalue weighted by atomic mass is 32.1. The van der Waals surface area contributed by atoms with Crippen molar-refractivity contribution in [3.63, 3.8) is 0 Å². The molecule has 0 aromatic carbocycles. The van der Waals surface area contributed by atoms with Gasteiger partial charge >= 0.3 is 0 Å². The monoisotopic (exact) mass is 354 g/mol. The molecule has 24 heavy (non-hydrogen) atoms. The second-order valence-corrected chi connectivity index (χ2v) is 7.19. The second kappa shape index (κ2) is 10.6. The van der Waals surface area contributed by atoms with Gasteiger partial charge in [-0.05, 0) is 40.0 Å². The van der Waals surface area contributed by atoms with E-state index < -0.39 is 0 Å². The SMILES string of the molecule is CCNC(=NCc1sc(C)nc1C)NCCCOC1CCOCC1. The molecular weight excluding hydrogens is 324 g/mol. The molecule has 7 heteroatoms. The molecule has 1 aromatic heterocycles. The standard InChI is InChI=1S/C17H30N4O2S/c1-4-18-17(20-12-16-13(2)21-14(3)24-16)19-8-5-9-23-15-6-10-22-11-7-15/h15H,4-12H2,1-3H3,(H2,18,19,20). The van der Waals surface area contributed by atoms with E-state index in [1.807, 2.05) is 13.8 Å². The number of aromatic nitrogens is 1. The van der Waals surface area contributed by atoms with Crippen molar-refractivity contribution in [1.82, 2.24) is 15.6 Å². The lowest BCUT2D eigenvalue weighted by Crippen LogP contribution is -2.38. The zero-order valence-corrected chi connectivity index (χ0v) is 15.9. The van der Waals surface area contributed by atoms with Crippen molar-refractivity contribution in [2.45, 2.75) is 52.7 Å². The molecule has 0 unspecified atom stereocenters. The Kier molecular flexibility index (Phi) is 8.49. The summed E-state index contributed by atoms with van der Waals surface area (Å²) in [6.45, 7) is 11.0. The summed E-state index contributed by atoms with van der Waals surface area (Å²) in [7, 11) is 0. The van der Waals surface area contributed by atoms with E-state index in [-0.39, 0.29) is 0 Å². The van der Waals surface area contributed by atoms with E-state index in [9.17, 15) is 0 Å². The van der Waals surface area contributed by atoms with E-state index in [0.29, 0.717) is 12.6 Å². The minimum atomic E-state index is 0.373. The molecule has 136 valence electrons. The van der Waals surface area contributed by atoms with Gasteiger partial charge in [0.1, 0.15) is 0 Å². The largest absolute Gasteiger partial charge is 0.381 e. The average Bonchev–Trinajstić information content (AvgIpc) is 2.90. The molecule has 2 heterocycles. The Balaban J connectivity index is 1.68. The maximum atomic E-state index is 5.89. The van der Waals surface area contributed by atoms with Gasteiger partial charge in [0.05, 0.1) is 23.4 Å². The van der Waals surface area contributed by atoms with Crippen LogP contribution in [0.5, 0.6) is 0 Å². The van der Waals surface area contributed by atoms with Crippen molar-refractivity contribution in [2.24, 2.45) is 4.99 Å². The van der Waals surface area contributed by atoms with Gasteiger partial charge in [0.2, 0.25) is 0 Å². The Labute approximate surface area is 149 Å². The van der Waals surface area contributed by atoms with E-state index in [4.69, 9.17) is 9.47 Å². The Morgan fingerprint density at radius 2 is 2.12 bits per heavy atom. The summed E-state index contributed by atoms with van der Waals surface area (Å²) >= 11 is 1.72. The fourth-order valence-corrected chi connectivity index (χ4v) is 3.45. The zero-order valence-electron chi connectivity index (χ0n) is 15.1. The van der Waals surface area contributed by atoms with Crippen molar-refractivity contribution in [2.75, 3.05) is 32.9 Å². The molecule has 0 atom stereocenters. The van der Waals surface area contributed by atoms with Crippen LogP contribution in [0.15, 0.2) is 4.99 Å². The van der Waals surface area contributed by atoms with Gasteiger partial charge in [-0.25, -0.2) is 9.98 Å². The molecule has 1 saturated heterocycles. The molecule has 1 aliphatic rings. The second-order valence-electron chi connectivity index (χ2n) is 5.90. The number of hydrogen-bond donors (Lipinski definition) is 2. The predicted molar refractivity (Wildman–Crippen MR) is 98.8 cm³/mol. The van der Waals surface area contributed by atoms with Gasteiger partial charge in [0.25, 0.3) is 0 Å². The number of guanidine groups is 1. The Morgan fingerprint density at radius 1 is 1.33 bits per heavy atom. The Bertz CT molecular complexity index is 513. The van der Waals surface area contributed by atoms with Crippen LogP contribution in [0.25, 0.3) is 0 Å². The van der Waals surface area contributed by atoms with Crippen LogP contribution in [0.1, 0.15) is 41.8 Å². The quantitative estimate of drug-likeness (QED) is 0.426. The van der Waals surface area contributed by atoms with Crippen molar-refractivity contribution in [3.05, 3.63) is 15.6 Å². The molecular formula is C17H30N4O2S. The summed E-state index contributed by atoms with van der Waals surface area (Å²) in [6, 6.07) is 0. The number of rotatable bonds is 8. The summed E-state index contributed by atoms with van der Waals surface area (Å²) in [5.74, 6) is 0.856. The number of aryl methyl sites for hydroxylation is 2. The maximum Gasteiger partial charge on any atom is 0.191 e. The van der Waals surface area contributed by atoms with Crippen LogP contribution in [0, 0.1) is 13.8 Å². The molecule has 0 spiro atoms. The number of hydrogen-bond acceptors (Lipinski definition) is 5. The molecule has 1 fully saturated rings. The van der Waals surface area contributed by atoms with E-state index in [0.717, 1.165) is 68.8 Å². The Hall–Kier alpha value is -1.18. The summed E-state index contributed by atoms with van der Waals surface area (Å²) in [4.78, 5) is 10.3. The average molecular weight is 355 g/mol. The first-order valence-corrected chi connectivity index (χ1v) is 9.65.